The number of nitrogens with zero attached hydrogens (tertiary/aromatic N) is 7. The van der Waals surface area contributed by atoms with E-state index in [0.717, 1.165) is 48.6 Å². The molecule has 0 aromatic carbocycles. The first-order chi connectivity index (χ1) is 17.1. The zero-order valence-corrected chi connectivity index (χ0v) is 19.3. The van der Waals surface area contributed by atoms with Gasteiger partial charge in [-0.1, -0.05) is 6.58 Å². The average Bonchev–Trinajstić information content (AvgIpc) is 2.89. The molecule has 0 spiro atoms. The lowest BCUT2D eigenvalue weighted by Gasteiger charge is -2.33. The number of aromatic nitrogens is 5. The van der Waals surface area contributed by atoms with E-state index in [1.54, 1.807) is 43.1 Å². The van der Waals surface area contributed by atoms with Crippen molar-refractivity contribution in [3.63, 3.8) is 0 Å². The van der Waals surface area contributed by atoms with Gasteiger partial charge in [-0.3, -0.25) is 14.8 Å². The van der Waals surface area contributed by atoms with Gasteiger partial charge in [0, 0.05) is 67.6 Å². The van der Waals surface area contributed by atoms with E-state index in [2.05, 4.69) is 54.0 Å². The number of carbonyl (C=O) groups excluding carboxylic acids is 1. The standard InChI is InChI=1S/C25H25N9O/c1-3-23(35)30-18-6-7-27-21(12-18)20-16-26-13-17-14-29-25(32-24(17)20)31-19-4-5-22(28-15-19)34-10-8-33(2)9-11-34/h3-7,12-16H,1,8-11H2,2H3,(H,27,30,35)(H,29,31,32). The number of likely N-dealkylation sites (N-methyl/N-ethyl adjacent to an activating group) is 1. The molecule has 5 heterocycles. The Labute approximate surface area is 202 Å². The largest absolute Gasteiger partial charge is 0.354 e. The first-order valence-electron chi connectivity index (χ1n) is 11.3. The smallest absolute Gasteiger partial charge is 0.247 e. The van der Waals surface area contributed by atoms with E-state index in [4.69, 9.17) is 4.98 Å². The zero-order valence-electron chi connectivity index (χ0n) is 19.3. The van der Waals surface area contributed by atoms with Crippen LogP contribution in [0.3, 0.4) is 0 Å². The number of amides is 1. The summed E-state index contributed by atoms with van der Waals surface area (Å²) >= 11 is 0. The van der Waals surface area contributed by atoms with Crippen LogP contribution >= 0.6 is 0 Å². The molecular weight excluding hydrogens is 442 g/mol. The van der Waals surface area contributed by atoms with Crippen LogP contribution in [0.4, 0.5) is 23.1 Å². The van der Waals surface area contributed by atoms with E-state index in [1.807, 2.05) is 12.1 Å². The highest BCUT2D eigenvalue weighted by atomic mass is 16.1. The second kappa shape index (κ2) is 9.82. The van der Waals surface area contributed by atoms with Crippen molar-refractivity contribution >= 4 is 40.0 Å². The van der Waals surface area contributed by atoms with Crippen molar-refractivity contribution in [1.82, 2.24) is 29.8 Å². The van der Waals surface area contributed by atoms with Crippen molar-refractivity contribution in [1.29, 1.82) is 0 Å². The molecule has 35 heavy (non-hydrogen) atoms. The monoisotopic (exact) mass is 467 g/mol. The van der Waals surface area contributed by atoms with E-state index in [0.29, 0.717) is 22.8 Å². The zero-order chi connectivity index (χ0) is 24.2. The van der Waals surface area contributed by atoms with Gasteiger partial charge in [0.15, 0.2) is 0 Å². The molecule has 5 rings (SSSR count). The predicted octanol–water partition coefficient (Wildman–Crippen LogP) is 3.10. The van der Waals surface area contributed by atoms with Crippen molar-refractivity contribution in [2.45, 2.75) is 0 Å². The maximum Gasteiger partial charge on any atom is 0.247 e. The molecule has 0 saturated carbocycles. The summed E-state index contributed by atoms with van der Waals surface area (Å²) in [5.74, 6) is 1.11. The van der Waals surface area contributed by atoms with Crippen LogP contribution in [-0.4, -0.2) is 69.0 Å². The predicted molar refractivity (Wildman–Crippen MR) is 137 cm³/mol. The molecule has 176 valence electrons. The number of carbonyl (C=O) groups is 1. The highest BCUT2D eigenvalue weighted by Gasteiger charge is 2.15. The van der Waals surface area contributed by atoms with Gasteiger partial charge in [-0.25, -0.2) is 15.0 Å². The van der Waals surface area contributed by atoms with Gasteiger partial charge < -0.3 is 20.4 Å². The third-order valence-corrected chi connectivity index (χ3v) is 5.81. The second-order valence-corrected chi connectivity index (χ2v) is 8.26. The molecule has 10 nitrogen and oxygen atoms in total. The Morgan fingerprint density at radius 1 is 1.00 bits per heavy atom. The van der Waals surface area contributed by atoms with Crippen molar-refractivity contribution in [2.75, 3.05) is 48.8 Å². The van der Waals surface area contributed by atoms with Crippen molar-refractivity contribution in [3.05, 3.63) is 67.9 Å². The number of rotatable bonds is 6. The van der Waals surface area contributed by atoms with E-state index in [-0.39, 0.29) is 5.91 Å². The number of nitrogens with one attached hydrogen (secondary N) is 2. The molecule has 1 saturated heterocycles. The Morgan fingerprint density at radius 3 is 2.63 bits per heavy atom. The Kier molecular flexibility index (Phi) is 6.27. The minimum atomic E-state index is -0.292. The van der Waals surface area contributed by atoms with Crippen LogP contribution in [0.15, 0.2) is 67.9 Å². The van der Waals surface area contributed by atoms with Crippen molar-refractivity contribution in [2.24, 2.45) is 0 Å². The average molecular weight is 468 g/mol. The summed E-state index contributed by atoms with van der Waals surface area (Å²) in [5.41, 5.74) is 3.46. The van der Waals surface area contributed by atoms with Crippen LogP contribution in [0.1, 0.15) is 0 Å². The van der Waals surface area contributed by atoms with E-state index >= 15 is 0 Å². The fourth-order valence-electron chi connectivity index (χ4n) is 3.86. The van der Waals surface area contributed by atoms with Crippen LogP contribution < -0.4 is 15.5 Å². The molecular formula is C25H25N9O. The van der Waals surface area contributed by atoms with Crippen LogP contribution in [-0.2, 0) is 4.79 Å². The summed E-state index contributed by atoms with van der Waals surface area (Å²) in [7, 11) is 2.14. The fraction of sp³-hybridized carbons (Fsp3) is 0.200. The van der Waals surface area contributed by atoms with Gasteiger partial charge in [0.25, 0.3) is 0 Å². The lowest BCUT2D eigenvalue weighted by molar-refractivity contribution is -0.111. The number of fused-ring (bicyclic) bond motifs is 1. The number of pyridine rings is 3. The van der Waals surface area contributed by atoms with E-state index < -0.39 is 0 Å². The van der Waals surface area contributed by atoms with Crippen LogP contribution in [0.5, 0.6) is 0 Å². The second-order valence-electron chi connectivity index (χ2n) is 8.26. The molecule has 1 fully saturated rings. The van der Waals surface area contributed by atoms with Gasteiger partial charge >= 0.3 is 0 Å². The van der Waals surface area contributed by atoms with E-state index in [1.165, 1.54) is 6.08 Å². The minimum absolute atomic E-state index is 0.292. The van der Waals surface area contributed by atoms with Gasteiger partial charge in [0.1, 0.15) is 5.82 Å². The first-order valence-corrected chi connectivity index (χ1v) is 11.3. The van der Waals surface area contributed by atoms with Crippen LogP contribution in [0.2, 0.25) is 0 Å². The third kappa shape index (κ3) is 5.07. The summed E-state index contributed by atoms with van der Waals surface area (Å²) in [4.78, 5) is 38.8. The Hall–Kier alpha value is -4.44. The maximum atomic E-state index is 11.7. The molecule has 0 aliphatic carbocycles. The Morgan fingerprint density at radius 2 is 1.86 bits per heavy atom. The lowest BCUT2D eigenvalue weighted by atomic mass is 10.1. The summed E-state index contributed by atoms with van der Waals surface area (Å²) < 4.78 is 0. The van der Waals surface area contributed by atoms with E-state index in [9.17, 15) is 4.79 Å². The molecule has 0 bridgehead atoms. The van der Waals surface area contributed by atoms with Gasteiger partial charge in [0.2, 0.25) is 11.9 Å². The molecule has 0 atom stereocenters. The van der Waals surface area contributed by atoms with Gasteiger partial charge in [-0.2, -0.15) is 0 Å². The molecule has 4 aromatic heterocycles. The fourth-order valence-corrected chi connectivity index (χ4v) is 3.86. The number of piperazine rings is 1. The molecule has 0 radical (unpaired) electrons. The molecule has 4 aromatic rings. The third-order valence-electron chi connectivity index (χ3n) is 5.81. The summed E-state index contributed by atoms with van der Waals surface area (Å²) in [6.07, 6.45) is 9.77. The lowest BCUT2D eigenvalue weighted by Crippen LogP contribution is -2.44. The molecule has 10 heteroatoms. The number of hydrogen-bond donors (Lipinski definition) is 2. The quantitative estimate of drug-likeness (QED) is 0.413. The Bertz CT molecular complexity index is 1370. The highest BCUT2D eigenvalue weighted by molar-refractivity contribution is 5.99. The molecule has 2 N–H and O–H groups in total. The topological polar surface area (TPSA) is 112 Å². The molecule has 1 aliphatic heterocycles. The molecule has 1 aliphatic rings. The minimum Gasteiger partial charge on any atom is -0.354 e. The molecule has 0 unspecified atom stereocenters. The van der Waals surface area contributed by atoms with Gasteiger partial charge in [-0.15, -0.1) is 0 Å². The number of hydrogen-bond acceptors (Lipinski definition) is 9. The van der Waals surface area contributed by atoms with Gasteiger partial charge in [-0.05, 0) is 37.4 Å². The first kappa shape index (κ1) is 22.4. The number of anilines is 4. The van der Waals surface area contributed by atoms with Crippen LogP contribution in [0, 0.1) is 0 Å². The molecule has 1 amide bonds. The summed E-state index contributed by atoms with van der Waals surface area (Å²) in [6, 6.07) is 7.48. The SMILES string of the molecule is C=CC(=O)Nc1ccnc(-c2cncc3cnc(Nc4ccc(N5CCN(C)CC5)nc4)nc23)c1. The highest BCUT2D eigenvalue weighted by Crippen LogP contribution is 2.27. The van der Waals surface area contributed by atoms with Crippen molar-refractivity contribution in [3.8, 4) is 11.3 Å². The summed E-state index contributed by atoms with van der Waals surface area (Å²) in [6.45, 7) is 7.47. The maximum absolute atomic E-state index is 11.7. The van der Waals surface area contributed by atoms with Crippen LogP contribution in [0.25, 0.3) is 22.2 Å². The normalized spacial score (nSPS) is 14.0. The van der Waals surface area contributed by atoms with Gasteiger partial charge in [0.05, 0.1) is 23.1 Å². The summed E-state index contributed by atoms with van der Waals surface area (Å²) in [5, 5.41) is 6.76. The van der Waals surface area contributed by atoms with Crippen molar-refractivity contribution < 1.29 is 4.79 Å². The Balaban J connectivity index is 1.39.